The zero-order valence-electron chi connectivity index (χ0n) is 14.6. The molecule has 0 amide bonds. The van der Waals surface area contributed by atoms with Gasteiger partial charge in [0.2, 0.25) is 10.0 Å². The average Bonchev–Trinajstić information content (AvgIpc) is 2.58. The molecule has 8 heteroatoms. The second kappa shape index (κ2) is 8.20. The van der Waals surface area contributed by atoms with Crippen LogP contribution in [0.4, 0.5) is 13.2 Å². The van der Waals surface area contributed by atoms with E-state index in [1.54, 1.807) is 49.3 Å². The molecule has 0 fully saturated rings. The van der Waals surface area contributed by atoms with Gasteiger partial charge in [0.1, 0.15) is 0 Å². The highest BCUT2D eigenvalue weighted by molar-refractivity contribution is 7.89. The minimum absolute atomic E-state index is 0.00318. The largest absolute Gasteiger partial charge is 0.417 e. The van der Waals surface area contributed by atoms with Gasteiger partial charge in [0, 0.05) is 19.6 Å². The van der Waals surface area contributed by atoms with E-state index >= 15 is 0 Å². The zero-order chi connectivity index (χ0) is 19.4. The molecule has 2 aromatic carbocycles. The molecule has 0 aliphatic rings. The molecule has 0 aliphatic carbocycles. The van der Waals surface area contributed by atoms with E-state index in [0.717, 1.165) is 16.4 Å². The molecule has 2 rings (SSSR count). The maximum absolute atomic E-state index is 13.3. The Morgan fingerprint density at radius 3 is 2.04 bits per heavy atom. The van der Waals surface area contributed by atoms with Crippen LogP contribution in [0.5, 0.6) is 0 Å². The highest BCUT2D eigenvalue weighted by Gasteiger charge is 2.38. The number of hydrogen-bond donors (Lipinski definition) is 0. The maximum Gasteiger partial charge on any atom is 0.417 e. The van der Waals surface area contributed by atoms with Crippen molar-refractivity contribution in [3.63, 3.8) is 0 Å². The fourth-order valence-corrected chi connectivity index (χ4v) is 4.08. The summed E-state index contributed by atoms with van der Waals surface area (Å²) in [5, 5.41) is 0. The predicted molar refractivity (Wildman–Crippen MR) is 94.0 cm³/mol. The smallest absolute Gasteiger partial charge is 0.308 e. The molecule has 0 N–H and O–H groups in total. The van der Waals surface area contributed by atoms with Crippen LogP contribution in [0, 0.1) is 0 Å². The summed E-state index contributed by atoms with van der Waals surface area (Å²) in [6.45, 7) is 0.472. The van der Waals surface area contributed by atoms with Crippen molar-refractivity contribution < 1.29 is 21.6 Å². The van der Waals surface area contributed by atoms with E-state index in [0.29, 0.717) is 12.1 Å². The summed E-state index contributed by atoms with van der Waals surface area (Å²) in [5.74, 6) is 0. The number of sulfonamides is 1. The highest BCUT2D eigenvalue weighted by Crippen LogP contribution is 2.35. The normalized spacial score (nSPS) is 12.7. The zero-order valence-corrected chi connectivity index (χ0v) is 15.4. The third-order valence-electron chi connectivity index (χ3n) is 3.81. The number of rotatable bonds is 7. The molecule has 26 heavy (non-hydrogen) atoms. The van der Waals surface area contributed by atoms with Crippen molar-refractivity contribution in [3.05, 3.63) is 65.7 Å². The Labute approximate surface area is 151 Å². The lowest BCUT2D eigenvalue weighted by atomic mass is 10.2. The SMILES string of the molecule is CN(C)CCN(Cc1ccccc1)S(=O)(=O)c1ccccc1C(F)(F)F. The van der Waals surface area contributed by atoms with E-state index in [2.05, 4.69) is 0 Å². The summed E-state index contributed by atoms with van der Waals surface area (Å²) in [7, 11) is -0.773. The molecule has 0 spiro atoms. The standard InChI is InChI=1S/C18H21F3N2O2S/c1-22(2)12-13-23(14-15-8-4-3-5-9-15)26(24,25)17-11-7-6-10-16(17)18(19,20)21/h3-11H,12-14H2,1-2H3. The van der Waals surface area contributed by atoms with Gasteiger partial charge in [0.25, 0.3) is 0 Å². The van der Waals surface area contributed by atoms with Gasteiger partial charge in [-0.2, -0.15) is 17.5 Å². The van der Waals surface area contributed by atoms with Gasteiger partial charge in [-0.1, -0.05) is 42.5 Å². The van der Waals surface area contributed by atoms with Gasteiger partial charge < -0.3 is 4.90 Å². The molecule has 0 aliphatic heterocycles. The number of hydrogen-bond acceptors (Lipinski definition) is 3. The van der Waals surface area contributed by atoms with Crippen LogP contribution in [0.2, 0.25) is 0 Å². The molecule has 0 atom stereocenters. The fraction of sp³-hybridized carbons (Fsp3) is 0.333. The molecule has 0 unspecified atom stereocenters. The first-order chi connectivity index (χ1) is 12.1. The number of alkyl halides is 3. The van der Waals surface area contributed by atoms with Crippen LogP contribution in [0.1, 0.15) is 11.1 Å². The summed E-state index contributed by atoms with van der Waals surface area (Å²) in [5.41, 5.74) is -0.442. The Morgan fingerprint density at radius 1 is 0.885 bits per heavy atom. The topological polar surface area (TPSA) is 40.6 Å². The van der Waals surface area contributed by atoms with Gasteiger partial charge in [0.15, 0.2) is 0 Å². The van der Waals surface area contributed by atoms with Crippen LogP contribution in [0.15, 0.2) is 59.5 Å². The van der Waals surface area contributed by atoms with Crippen LogP contribution in [0.3, 0.4) is 0 Å². The lowest BCUT2D eigenvalue weighted by Gasteiger charge is -2.25. The third-order valence-corrected chi connectivity index (χ3v) is 5.71. The first-order valence-electron chi connectivity index (χ1n) is 7.97. The van der Waals surface area contributed by atoms with Crippen molar-refractivity contribution in [1.29, 1.82) is 0 Å². The van der Waals surface area contributed by atoms with Crippen molar-refractivity contribution >= 4 is 10.0 Å². The van der Waals surface area contributed by atoms with Gasteiger partial charge in [-0.15, -0.1) is 0 Å². The summed E-state index contributed by atoms with van der Waals surface area (Å²) >= 11 is 0. The minimum Gasteiger partial charge on any atom is -0.308 e. The molecule has 0 aromatic heterocycles. The van der Waals surface area contributed by atoms with Crippen LogP contribution < -0.4 is 0 Å². The summed E-state index contributed by atoms with van der Waals surface area (Å²) in [6, 6.07) is 13.1. The third kappa shape index (κ3) is 5.06. The second-order valence-electron chi connectivity index (χ2n) is 6.12. The Hall–Kier alpha value is -1.90. The van der Waals surface area contributed by atoms with Gasteiger partial charge in [0.05, 0.1) is 10.5 Å². The van der Waals surface area contributed by atoms with Gasteiger partial charge >= 0.3 is 6.18 Å². The summed E-state index contributed by atoms with van der Waals surface area (Å²) in [4.78, 5) is 1.06. The molecule has 4 nitrogen and oxygen atoms in total. The quantitative estimate of drug-likeness (QED) is 0.732. The summed E-state index contributed by atoms with van der Waals surface area (Å²) in [6.07, 6.45) is -4.75. The van der Waals surface area contributed by atoms with Crippen LogP contribution in [0.25, 0.3) is 0 Å². The molecule has 0 saturated carbocycles. The maximum atomic E-state index is 13.3. The number of nitrogens with zero attached hydrogens (tertiary/aromatic N) is 2. The lowest BCUT2D eigenvalue weighted by molar-refractivity contribution is -0.139. The van der Waals surface area contributed by atoms with Crippen molar-refractivity contribution in [1.82, 2.24) is 9.21 Å². The van der Waals surface area contributed by atoms with Crippen LogP contribution >= 0.6 is 0 Å². The van der Waals surface area contributed by atoms with E-state index in [4.69, 9.17) is 0 Å². The van der Waals surface area contributed by atoms with Crippen molar-refractivity contribution in [2.24, 2.45) is 0 Å². The van der Waals surface area contributed by atoms with E-state index in [-0.39, 0.29) is 13.1 Å². The predicted octanol–water partition coefficient (Wildman–Crippen LogP) is 3.46. The van der Waals surface area contributed by atoms with Crippen molar-refractivity contribution in [2.45, 2.75) is 17.6 Å². The molecule has 0 saturated heterocycles. The van der Waals surface area contributed by atoms with E-state index in [1.807, 2.05) is 0 Å². The number of likely N-dealkylation sites (N-methyl/N-ethyl adjacent to an activating group) is 1. The van der Waals surface area contributed by atoms with E-state index in [9.17, 15) is 21.6 Å². The molecule has 0 heterocycles. The van der Waals surface area contributed by atoms with Gasteiger partial charge in [-0.3, -0.25) is 0 Å². The number of benzene rings is 2. The Balaban J connectivity index is 2.45. The monoisotopic (exact) mass is 386 g/mol. The average molecular weight is 386 g/mol. The Kier molecular flexibility index (Phi) is 6.44. The highest BCUT2D eigenvalue weighted by atomic mass is 32.2. The first-order valence-corrected chi connectivity index (χ1v) is 9.41. The molecule has 142 valence electrons. The molecular formula is C18H21F3N2O2S. The first kappa shape index (κ1) is 20.4. The lowest BCUT2D eigenvalue weighted by Crippen LogP contribution is -2.37. The Morgan fingerprint density at radius 2 is 1.46 bits per heavy atom. The van der Waals surface area contributed by atoms with E-state index < -0.39 is 26.7 Å². The molecular weight excluding hydrogens is 365 g/mol. The Bertz CT molecular complexity index is 822. The van der Waals surface area contributed by atoms with Gasteiger partial charge in [-0.05, 0) is 31.8 Å². The number of halogens is 3. The van der Waals surface area contributed by atoms with Crippen LogP contribution in [-0.2, 0) is 22.7 Å². The van der Waals surface area contributed by atoms with Crippen LogP contribution in [-0.4, -0.2) is 44.8 Å². The van der Waals surface area contributed by atoms with E-state index in [1.165, 1.54) is 12.1 Å². The molecule has 2 aromatic rings. The van der Waals surface area contributed by atoms with Crippen molar-refractivity contribution in [2.75, 3.05) is 27.2 Å². The second-order valence-corrected chi connectivity index (χ2v) is 8.03. The van der Waals surface area contributed by atoms with Crippen molar-refractivity contribution in [3.8, 4) is 0 Å². The molecule has 0 bridgehead atoms. The fourth-order valence-electron chi connectivity index (χ4n) is 2.45. The summed E-state index contributed by atoms with van der Waals surface area (Å²) < 4.78 is 67.0. The van der Waals surface area contributed by atoms with Gasteiger partial charge in [-0.25, -0.2) is 8.42 Å². The minimum atomic E-state index is -4.75. The molecule has 0 radical (unpaired) electrons.